The Labute approximate surface area is 189 Å². The number of hydrogen-bond donors (Lipinski definition) is 1. The fourth-order valence-electron chi connectivity index (χ4n) is 3.74. The lowest BCUT2D eigenvalue weighted by Gasteiger charge is -2.32. The minimum atomic E-state index is -0.0840. The smallest absolute Gasteiger partial charge is 0.256 e. The summed E-state index contributed by atoms with van der Waals surface area (Å²) in [6.45, 7) is 6.16. The van der Waals surface area contributed by atoms with Gasteiger partial charge in [0.15, 0.2) is 5.75 Å². The molecule has 7 heteroatoms. The number of piperazine rings is 1. The van der Waals surface area contributed by atoms with E-state index >= 15 is 0 Å². The van der Waals surface area contributed by atoms with Crippen LogP contribution in [-0.2, 0) is 0 Å². The van der Waals surface area contributed by atoms with E-state index in [0.29, 0.717) is 12.0 Å². The average Bonchev–Trinajstić information content (AvgIpc) is 2.74. The van der Waals surface area contributed by atoms with Crippen LogP contribution in [-0.4, -0.2) is 61.2 Å². The zero-order chi connectivity index (χ0) is 19.3. The van der Waals surface area contributed by atoms with Crippen LogP contribution >= 0.6 is 24.8 Å². The van der Waals surface area contributed by atoms with Gasteiger partial charge in [0, 0.05) is 43.7 Å². The zero-order valence-electron chi connectivity index (χ0n) is 17.2. The first-order chi connectivity index (χ1) is 13.7. The Morgan fingerprint density at radius 1 is 0.900 bits per heavy atom. The lowest BCUT2D eigenvalue weighted by molar-refractivity contribution is 0.145. The molecule has 5 nitrogen and oxygen atoms in total. The lowest BCUT2D eigenvalue weighted by Crippen LogP contribution is -2.44. The number of aromatic amines is 1. The molecule has 0 bridgehead atoms. The van der Waals surface area contributed by atoms with E-state index in [-0.39, 0.29) is 30.4 Å². The topological polar surface area (TPSA) is 48.6 Å². The van der Waals surface area contributed by atoms with Crippen LogP contribution in [0, 0.1) is 0 Å². The first-order valence-electron chi connectivity index (χ1n) is 9.96. The molecule has 0 saturated carbocycles. The molecule has 4 rings (SSSR count). The predicted molar refractivity (Wildman–Crippen MR) is 129 cm³/mol. The number of nitrogens with one attached hydrogen (secondary N) is 1. The number of fused-ring (bicyclic) bond motifs is 1. The summed E-state index contributed by atoms with van der Waals surface area (Å²) in [7, 11) is 2.17. The summed E-state index contributed by atoms with van der Waals surface area (Å²) < 4.78 is 6.26. The number of rotatable bonds is 6. The van der Waals surface area contributed by atoms with Gasteiger partial charge in [0.25, 0.3) is 5.56 Å². The van der Waals surface area contributed by atoms with Gasteiger partial charge in [-0.05, 0) is 19.5 Å². The summed E-state index contributed by atoms with van der Waals surface area (Å²) in [5.41, 5.74) is 1.63. The predicted octanol–water partition coefficient (Wildman–Crippen LogP) is 4.06. The third kappa shape index (κ3) is 5.55. The molecule has 0 atom stereocenters. The van der Waals surface area contributed by atoms with E-state index in [1.165, 1.54) is 0 Å². The summed E-state index contributed by atoms with van der Waals surface area (Å²) in [6.07, 6.45) is 0.964. The van der Waals surface area contributed by atoms with Crippen molar-refractivity contribution in [2.24, 2.45) is 0 Å². The molecule has 1 aliphatic heterocycles. The molecule has 0 spiro atoms. The van der Waals surface area contributed by atoms with Crippen LogP contribution in [0.2, 0.25) is 0 Å². The van der Waals surface area contributed by atoms with Crippen molar-refractivity contribution in [3.8, 4) is 17.0 Å². The van der Waals surface area contributed by atoms with E-state index in [1.807, 2.05) is 54.6 Å². The second-order valence-corrected chi connectivity index (χ2v) is 7.42. The lowest BCUT2D eigenvalue weighted by atomic mass is 10.1. The number of halogens is 2. The number of ether oxygens (including phenoxy) is 1. The van der Waals surface area contributed by atoms with E-state index < -0.39 is 0 Å². The van der Waals surface area contributed by atoms with Crippen LogP contribution in [0.5, 0.6) is 5.75 Å². The molecule has 1 N–H and O–H groups in total. The number of H-pyrrole nitrogens is 1. The summed E-state index contributed by atoms with van der Waals surface area (Å²) in [4.78, 5) is 20.5. The van der Waals surface area contributed by atoms with Crippen LogP contribution in [0.25, 0.3) is 22.0 Å². The average molecular weight is 450 g/mol. The summed E-state index contributed by atoms with van der Waals surface area (Å²) in [5.74, 6) is 0.764. The number of aromatic nitrogens is 1. The van der Waals surface area contributed by atoms with Crippen molar-refractivity contribution < 1.29 is 4.74 Å². The van der Waals surface area contributed by atoms with Gasteiger partial charge in [-0.25, -0.2) is 0 Å². The molecule has 1 aromatic heterocycles. The summed E-state index contributed by atoms with van der Waals surface area (Å²) in [5, 5.41) is 1.53. The molecule has 0 radical (unpaired) electrons. The van der Waals surface area contributed by atoms with Crippen LogP contribution in [0.1, 0.15) is 6.42 Å². The molecule has 3 aromatic rings. The van der Waals surface area contributed by atoms with E-state index in [2.05, 4.69) is 21.8 Å². The minimum absolute atomic E-state index is 0. The third-order valence-corrected chi connectivity index (χ3v) is 5.41. The van der Waals surface area contributed by atoms with Gasteiger partial charge in [-0.15, -0.1) is 24.8 Å². The first kappa shape index (κ1) is 24.2. The number of pyridine rings is 1. The highest BCUT2D eigenvalue weighted by Crippen LogP contribution is 2.33. The summed E-state index contributed by atoms with van der Waals surface area (Å²) in [6, 6.07) is 17.6. The highest BCUT2D eigenvalue weighted by atomic mass is 35.5. The Balaban J connectivity index is 0.00000160. The van der Waals surface area contributed by atoms with Crippen LogP contribution in [0.3, 0.4) is 0 Å². The number of benzene rings is 2. The van der Waals surface area contributed by atoms with Gasteiger partial charge in [0.1, 0.15) is 0 Å². The third-order valence-electron chi connectivity index (χ3n) is 5.41. The maximum atomic E-state index is 12.6. The largest absolute Gasteiger partial charge is 0.491 e. The van der Waals surface area contributed by atoms with Crippen molar-refractivity contribution in [1.29, 1.82) is 0 Å². The second-order valence-electron chi connectivity index (χ2n) is 7.42. The van der Waals surface area contributed by atoms with Crippen molar-refractivity contribution >= 4 is 35.6 Å². The van der Waals surface area contributed by atoms with E-state index in [0.717, 1.165) is 61.5 Å². The molecule has 0 unspecified atom stereocenters. The molecule has 1 saturated heterocycles. The van der Waals surface area contributed by atoms with Crippen molar-refractivity contribution in [2.45, 2.75) is 6.42 Å². The van der Waals surface area contributed by atoms with Gasteiger partial charge < -0.3 is 19.5 Å². The van der Waals surface area contributed by atoms with Crippen molar-refractivity contribution in [3.05, 3.63) is 65.0 Å². The Hall–Kier alpha value is -2.05. The van der Waals surface area contributed by atoms with Gasteiger partial charge in [-0.2, -0.15) is 0 Å². The molecular weight excluding hydrogens is 421 g/mol. The van der Waals surface area contributed by atoms with Gasteiger partial charge in [-0.3, -0.25) is 4.79 Å². The molecule has 1 aliphatic rings. The monoisotopic (exact) mass is 449 g/mol. The quantitative estimate of drug-likeness (QED) is 0.576. The Morgan fingerprint density at radius 3 is 2.23 bits per heavy atom. The van der Waals surface area contributed by atoms with Gasteiger partial charge in [0.05, 0.1) is 17.7 Å². The van der Waals surface area contributed by atoms with Gasteiger partial charge in [0.2, 0.25) is 0 Å². The van der Waals surface area contributed by atoms with Crippen molar-refractivity contribution in [3.63, 3.8) is 0 Å². The minimum Gasteiger partial charge on any atom is -0.491 e. The van der Waals surface area contributed by atoms with Crippen molar-refractivity contribution in [1.82, 2.24) is 14.8 Å². The van der Waals surface area contributed by atoms with Gasteiger partial charge in [-0.1, -0.05) is 48.5 Å². The SMILES string of the molecule is CN1CCN(CCCOc2c(-c3ccccc3)[nH]c(=O)c3ccccc23)CC1.Cl.Cl. The Bertz CT molecular complexity index is 987. The maximum Gasteiger partial charge on any atom is 0.256 e. The van der Waals surface area contributed by atoms with Crippen LogP contribution < -0.4 is 10.3 Å². The van der Waals surface area contributed by atoms with E-state index in [4.69, 9.17) is 4.74 Å². The van der Waals surface area contributed by atoms with Gasteiger partial charge >= 0.3 is 0 Å². The zero-order valence-corrected chi connectivity index (χ0v) is 18.8. The number of hydrogen-bond acceptors (Lipinski definition) is 4. The molecule has 1 fully saturated rings. The normalized spacial score (nSPS) is 14.7. The molecule has 30 heavy (non-hydrogen) atoms. The molecule has 0 aliphatic carbocycles. The molecule has 2 heterocycles. The highest BCUT2D eigenvalue weighted by molar-refractivity contribution is 5.92. The molecule has 162 valence electrons. The first-order valence-corrected chi connectivity index (χ1v) is 9.96. The van der Waals surface area contributed by atoms with E-state index in [9.17, 15) is 4.79 Å². The molecule has 2 aromatic carbocycles. The number of likely N-dealkylation sites (N-methyl/N-ethyl adjacent to an activating group) is 1. The fourth-order valence-corrected chi connectivity index (χ4v) is 3.74. The van der Waals surface area contributed by atoms with Crippen molar-refractivity contribution in [2.75, 3.05) is 46.4 Å². The Morgan fingerprint density at radius 2 is 1.53 bits per heavy atom. The molecular formula is C23H29Cl2N3O2. The maximum absolute atomic E-state index is 12.6. The fraction of sp³-hybridized carbons (Fsp3) is 0.348. The van der Waals surface area contributed by atoms with E-state index in [1.54, 1.807) is 0 Å². The standard InChI is InChI=1S/C23H27N3O2.2ClH/c1-25-13-15-26(16-14-25)12-7-17-28-22-19-10-5-6-11-20(19)23(27)24-21(22)18-8-3-2-4-9-18;;/h2-6,8-11H,7,12-17H2,1H3,(H,24,27);2*1H. The Kier molecular flexibility index (Phi) is 9.18. The summed E-state index contributed by atoms with van der Waals surface area (Å²) >= 11 is 0. The van der Waals surface area contributed by atoms with Crippen LogP contribution in [0.4, 0.5) is 0 Å². The van der Waals surface area contributed by atoms with Crippen LogP contribution in [0.15, 0.2) is 59.4 Å². The second kappa shape index (κ2) is 11.4. The highest BCUT2D eigenvalue weighted by Gasteiger charge is 2.16. The molecule has 0 amide bonds. The number of nitrogens with zero attached hydrogens (tertiary/aromatic N) is 2.